The first-order chi connectivity index (χ1) is 61.4. The number of rotatable bonds is 45. The van der Waals surface area contributed by atoms with Gasteiger partial charge in [0.1, 0.15) is 59.2 Å². The molecule has 36 nitrogen and oxygen atoms in total. The van der Waals surface area contributed by atoms with Crippen molar-refractivity contribution < 1.29 is 114 Å². The average molecular weight is 1780 g/mol. The predicted octanol–water partition coefficient (Wildman–Crippen LogP) is 8.25. The van der Waals surface area contributed by atoms with E-state index < -0.39 is 77.8 Å². The molecule has 1 aliphatic carbocycles. The van der Waals surface area contributed by atoms with Crippen molar-refractivity contribution in [2.75, 3.05) is 165 Å². The zero-order valence-electron chi connectivity index (χ0n) is 75.9. The van der Waals surface area contributed by atoms with E-state index in [4.69, 9.17) is 92.0 Å². The Labute approximate surface area is 744 Å². The molecule has 7 heterocycles. The number of allylic oxidation sites excluding steroid dienone is 6. The molecule has 0 radical (unpaired) electrons. The number of nitrogens with one attached hydrogen (secondary N) is 1. The summed E-state index contributed by atoms with van der Waals surface area (Å²) >= 11 is 0. The molecule has 4 aromatic heterocycles. The zero-order chi connectivity index (χ0) is 91.0. The average Bonchev–Trinajstić information content (AvgIpc) is 1.54. The van der Waals surface area contributed by atoms with Gasteiger partial charge in [-0.25, -0.2) is 24.1 Å². The number of esters is 1. The standard InChI is InChI=1S/C91H138N12O24/c1-60-18-12-11-13-19-61(2)76(112-8)55-70-24-21-66(7)91(111,127-70)85(108)88(109)102-29-16-14-20-72(102)89(110)125-77(56-73(104)62(3)51-65(6)83(107)84(114-10)82(106)64(5)50-60)63(4)52-67-22-25-75(78(53-67)113-9)124-49-48-123-58-69-57-101(100-98-69)31-33-116-35-37-118-39-41-120-43-45-122-47-46-121-44-42-119-40-38-117-36-34-115-32-27-79(105)94-28-15-17-30-103-87-80(86(92)95-59-96-87)81(99-103)68-23-26-74-71(54-68)97-90(93)126-74/h11-13,18-19,23,26,51,54,57,59-60,62-64,66-67,70,72,75-78,83-84,107,111H,14-17,20-22,24-25,27-50,52-53,55-56,58H2,1-10H3,(H2,93,97)(H,94,105)(H2,92,95,96)/b13-11?,18-12+,61-19?,65-51+/t60-,62-,63-,64-,66-,67+,70+,72+,75-,76+,77+,78-,83-,84+,91-/m1/s1. The lowest BCUT2D eigenvalue weighted by molar-refractivity contribution is -0.265. The molecule has 2 bridgehead atoms. The summed E-state index contributed by atoms with van der Waals surface area (Å²) < 4.78 is 96.4. The Balaban J connectivity index is 0.586. The van der Waals surface area contributed by atoms with E-state index in [0.29, 0.717) is 235 Å². The monoisotopic (exact) mass is 1780 g/mol. The summed E-state index contributed by atoms with van der Waals surface area (Å²) in [5, 5.41) is 40.7. The van der Waals surface area contributed by atoms with Crippen molar-refractivity contribution in [2.24, 2.45) is 35.5 Å². The van der Waals surface area contributed by atoms with Gasteiger partial charge < -0.3 is 107 Å². The van der Waals surface area contributed by atoms with E-state index >= 15 is 0 Å². The summed E-state index contributed by atoms with van der Waals surface area (Å²) in [4.78, 5) is 98.7. The molecule has 1 saturated carbocycles. The van der Waals surface area contributed by atoms with Gasteiger partial charge in [-0.15, -0.1) is 5.10 Å². The summed E-state index contributed by atoms with van der Waals surface area (Å²) in [7, 11) is 4.61. The molecule has 5 aromatic rings. The zero-order valence-corrected chi connectivity index (χ0v) is 75.9. The number of fused-ring (bicyclic) bond motifs is 5. The third-order valence-corrected chi connectivity index (χ3v) is 23.7. The van der Waals surface area contributed by atoms with Crippen LogP contribution in [0.1, 0.15) is 150 Å². The molecular weight excluding hydrogens is 1650 g/mol. The van der Waals surface area contributed by atoms with Crippen molar-refractivity contribution in [1.29, 1.82) is 0 Å². The number of unbranched alkanes of at least 4 members (excludes halogenated alkanes) is 1. The predicted molar refractivity (Wildman–Crippen MR) is 469 cm³/mol. The highest BCUT2D eigenvalue weighted by molar-refractivity contribution is 6.39. The fourth-order valence-corrected chi connectivity index (χ4v) is 16.4. The number of ether oxygens (including phenoxy) is 15. The minimum Gasteiger partial charge on any atom is -0.460 e. The number of nitrogens with zero attached hydrogens (tertiary/aromatic N) is 9. The lowest BCUT2D eigenvalue weighted by Gasteiger charge is -2.42. The molecule has 0 unspecified atom stereocenters. The first-order valence-corrected chi connectivity index (χ1v) is 45.0. The number of nitrogens with two attached hydrogens (primary N) is 2. The van der Waals surface area contributed by atoms with Crippen molar-refractivity contribution in [3.63, 3.8) is 0 Å². The van der Waals surface area contributed by atoms with Crippen LogP contribution in [0, 0.1) is 35.5 Å². The maximum absolute atomic E-state index is 14.8. The number of aryl methyl sites for hydroxylation is 1. The maximum atomic E-state index is 14.8. The van der Waals surface area contributed by atoms with E-state index in [1.54, 1.807) is 56.5 Å². The highest BCUT2D eigenvalue weighted by Gasteiger charge is 2.53. The second kappa shape index (κ2) is 54.4. The molecule has 36 heteroatoms. The van der Waals surface area contributed by atoms with Crippen LogP contribution in [-0.2, 0) is 120 Å². The number of amides is 2. The van der Waals surface area contributed by atoms with Gasteiger partial charge in [-0.1, -0.05) is 76.3 Å². The maximum Gasteiger partial charge on any atom is 0.329 e. The number of methoxy groups -OCH3 is 3. The number of cyclic esters (lactones) is 1. The topological polar surface area (TPSA) is 449 Å². The van der Waals surface area contributed by atoms with Gasteiger partial charge in [0.15, 0.2) is 17.0 Å². The first kappa shape index (κ1) is 102. The number of hydrogen-bond donors (Lipinski definition) is 5. The van der Waals surface area contributed by atoms with Crippen LogP contribution in [0.5, 0.6) is 0 Å². The molecule has 1 aromatic carbocycles. The summed E-state index contributed by atoms with van der Waals surface area (Å²) in [6.07, 6.45) is 16.3. The molecule has 3 fully saturated rings. The minimum atomic E-state index is -2.47. The summed E-state index contributed by atoms with van der Waals surface area (Å²) in [6.45, 7) is 21.6. The van der Waals surface area contributed by atoms with Crippen molar-refractivity contribution in [2.45, 2.75) is 219 Å². The van der Waals surface area contributed by atoms with Crippen LogP contribution in [0.2, 0.25) is 0 Å². The van der Waals surface area contributed by atoms with Crippen molar-refractivity contribution in [1.82, 2.24) is 49.9 Å². The van der Waals surface area contributed by atoms with Gasteiger partial charge in [0.05, 0.1) is 168 Å². The lowest BCUT2D eigenvalue weighted by Crippen LogP contribution is -2.61. The van der Waals surface area contributed by atoms with Crippen LogP contribution >= 0.6 is 0 Å². The molecule has 706 valence electrons. The molecule has 7 N–H and O–H groups in total. The highest BCUT2D eigenvalue weighted by Crippen LogP contribution is 2.39. The smallest absolute Gasteiger partial charge is 0.329 e. The Morgan fingerprint density at radius 1 is 0.717 bits per heavy atom. The van der Waals surface area contributed by atoms with Crippen LogP contribution in [-0.4, -0.2) is 298 Å². The summed E-state index contributed by atoms with van der Waals surface area (Å²) in [5.74, 6) is -8.07. The molecule has 3 aliphatic heterocycles. The fourth-order valence-electron chi connectivity index (χ4n) is 16.4. The van der Waals surface area contributed by atoms with Crippen LogP contribution in [0.25, 0.3) is 33.4 Å². The van der Waals surface area contributed by atoms with Crippen molar-refractivity contribution in [3.8, 4) is 11.3 Å². The van der Waals surface area contributed by atoms with Crippen LogP contribution < -0.4 is 16.8 Å². The van der Waals surface area contributed by atoms with Gasteiger partial charge in [-0.2, -0.15) is 10.1 Å². The van der Waals surface area contributed by atoms with Gasteiger partial charge in [-0.05, 0) is 138 Å². The number of nitrogen functional groups attached to an aromatic ring is 2. The lowest BCUT2D eigenvalue weighted by atomic mass is 9.78. The molecule has 2 saturated heterocycles. The second-order valence-electron chi connectivity index (χ2n) is 33.4. The number of aromatic nitrogens is 8. The molecule has 2 amide bonds. The molecule has 4 aliphatic rings. The number of hydrogen-bond acceptors (Lipinski definition) is 32. The number of benzene rings is 1. The third kappa shape index (κ3) is 32.4. The number of carbonyl (C=O) groups is 6. The highest BCUT2D eigenvalue weighted by atomic mass is 16.6. The Kier molecular flexibility index (Phi) is 43.9. The van der Waals surface area contributed by atoms with Gasteiger partial charge >= 0.3 is 5.97 Å². The van der Waals surface area contributed by atoms with Crippen LogP contribution in [0.15, 0.2) is 82.7 Å². The van der Waals surface area contributed by atoms with Gasteiger partial charge in [0.25, 0.3) is 17.7 Å². The molecule has 0 spiro atoms. The molecule has 9 rings (SSSR count). The number of carbonyl (C=O) groups excluding carboxylic acids is 6. The Bertz CT molecular complexity index is 4320. The number of piperidine rings is 1. The SMILES string of the molecule is CO[C@H]1C[C@@H]2CC[C@@H](C)[C@@](O)(O2)C(=O)C(=O)N2CCCC[C@H]2C(=O)O[C@H]([C@H](C)C[C@@H]2CC[C@@H](OCCOCc3cn(CCOCCOCCOCCOCCOCCOCCOCCOCCC(=O)NCCCCn4nc(-c5ccc6oc(N)nc6c5)c5c(N)ncnc54)nn3)[C@H](OC)C2)CC(=O)[C@H](C)/C=C(\C)[C@@H](O)[C@@H](OC)C(=O)[C@H](C)C[C@H](C)/C=C/C=CC=C1C. The number of aliphatic hydroxyl groups excluding tert-OH is 1. The third-order valence-electron chi connectivity index (χ3n) is 23.7. The Morgan fingerprint density at radius 3 is 2.07 bits per heavy atom. The number of aliphatic hydroxyl groups is 2. The van der Waals surface area contributed by atoms with Crippen LogP contribution in [0.3, 0.4) is 0 Å². The van der Waals surface area contributed by atoms with E-state index in [1.807, 2.05) is 76.4 Å². The second-order valence-corrected chi connectivity index (χ2v) is 33.4. The van der Waals surface area contributed by atoms with E-state index in [-0.39, 0.29) is 92.5 Å². The van der Waals surface area contributed by atoms with Crippen molar-refractivity contribution >= 4 is 69.1 Å². The number of Topliss-reactive ketones (excluding diaryl/α,β-unsaturated/α-hetero) is 3. The van der Waals surface area contributed by atoms with Crippen LogP contribution in [0.4, 0.5) is 11.8 Å². The summed E-state index contributed by atoms with van der Waals surface area (Å²) in [6, 6.07) is 4.39. The normalized spacial score (nSPS) is 25.9. The van der Waals surface area contributed by atoms with E-state index in [1.165, 1.54) is 18.3 Å². The molecular formula is C91H138N12O24. The molecule has 127 heavy (non-hydrogen) atoms. The molecule has 15 atom stereocenters. The fraction of sp³-hybridized carbons (Fsp3) is 0.692. The van der Waals surface area contributed by atoms with Gasteiger partial charge in [-0.3, -0.25) is 24.0 Å². The van der Waals surface area contributed by atoms with Gasteiger partial charge in [0.2, 0.25) is 11.7 Å². The van der Waals surface area contributed by atoms with E-state index in [9.17, 15) is 39.0 Å². The minimum absolute atomic E-state index is 0.00921. The van der Waals surface area contributed by atoms with Crippen molar-refractivity contribution in [3.05, 3.63) is 84.0 Å². The largest absolute Gasteiger partial charge is 0.460 e. The van der Waals surface area contributed by atoms with E-state index in [2.05, 4.69) is 30.6 Å². The Hall–Kier alpha value is -8.28. The Morgan fingerprint density at radius 2 is 1.39 bits per heavy atom. The van der Waals surface area contributed by atoms with Gasteiger partial charge in [0, 0.05) is 83.5 Å². The number of oxazole rings is 1. The quantitative estimate of drug-likeness (QED) is 0.0106. The first-order valence-electron chi connectivity index (χ1n) is 45.0. The van der Waals surface area contributed by atoms with E-state index in [0.717, 1.165) is 30.4 Å². The summed E-state index contributed by atoms with van der Waals surface area (Å²) in [5.41, 5.74) is 17.1. The number of ketones is 3. The number of anilines is 2.